The van der Waals surface area contributed by atoms with Crippen LogP contribution in [0.1, 0.15) is 36.4 Å². The number of hydrogen-bond acceptors (Lipinski definition) is 16. The van der Waals surface area contributed by atoms with E-state index in [0.29, 0.717) is 17.1 Å². The van der Waals surface area contributed by atoms with Gasteiger partial charge < -0.3 is 24.4 Å². The average Bonchev–Trinajstić information content (AvgIpc) is 3.65. The van der Waals surface area contributed by atoms with Gasteiger partial charge in [0.2, 0.25) is 0 Å². The summed E-state index contributed by atoms with van der Waals surface area (Å²) in [4.78, 5) is 55.4. The number of aryl methyl sites for hydroxylation is 2. The maximum absolute atomic E-state index is 14.3. The van der Waals surface area contributed by atoms with Crippen molar-refractivity contribution in [3.05, 3.63) is 65.2 Å². The Morgan fingerprint density at radius 3 is 2.12 bits per heavy atom. The molecule has 17 nitrogen and oxygen atoms in total. The summed E-state index contributed by atoms with van der Waals surface area (Å²) in [6, 6.07) is 0. The molecule has 0 radical (unpaired) electrons. The van der Waals surface area contributed by atoms with E-state index >= 15 is 0 Å². The first-order valence-corrected chi connectivity index (χ1v) is 21.4. The van der Waals surface area contributed by atoms with E-state index in [-0.39, 0.29) is 25.0 Å². The van der Waals surface area contributed by atoms with Gasteiger partial charge in [-0.1, -0.05) is 21.6 Å². The van der Waals surface area contributed by atoms with Gasteiger partial charge in [0, 0.05) is 73.3 Å². The van der Waals surface area contributed by atoms with E-state index in [1.54, 1.807) is 21.6 Å². The van der Waals surface area contributed by atoms with E-state index < -0.39 is 72.8 Å². The van der Waals surface area contributed by atoms with Crippen LogP contribution >= 0.6 is 39.8 Å². The molecule has 2 aromatic heterocycles. The third-order valence-corrected chi connectivity index (χ3v) is 14.6. The maximum Gasteiger partial charge on any atom is 0.389 e. The molecule has 21 heteroatoms. The summed E-state index contributed by atoms with van der Waals surface area (Å²) >= 11 is 0.966. The van der Waals surface area contributed by atoms with Gasteiger partial charge in [-0.15, -0.1) is 0 Å². The molecule has 1 unspecified atom stereocenters. The van der Waals surface area contributed by atoms with E-state index in [2.05, 4.69) is 14.9 Å². The predicted molar refractivity (Wildman–Crippen MR) is 185 cm³/mol. The minimum absolute atomic E-state index is 0.0219. The molecule has 5 heterocycles. The summed E-state index contributed by atoms with van der Waals surface area (Å²) in [5.74, 6) is 1.92. The quantitative estimate of drug-likeness (QED) is 0.104. The van der Waals surface area contributed by atoms with Crippen LogP contribution in [0.2, 0.25) is 0 Å². The second-order valence-electron chi connectivity index (χ2n) is 11.8. The van der Waals surface area contributed by atoms with E-state index in [1.165, 1.54) is 35.4 Å². The monoisotopic (exact) mass is 767 g/mol. The van der Waals surface area contributed by atoms with Crippen molar-refractivity contribution < 1.29 is 38.0 Å². The fraction of sp³-hybridized carbons (Fsp3) is 0.714. The van der Waals surface area contributed by atoms with Crippen LogP contribution in [-0.4, -0.2) is 122 Å². The molecule has 274 valence electrons. The molecule has 0 aromatic carbocycles. The van der Waals surface area contributed by atoms with E-state index in [0.717, 1.165) is 50.0 Å². The van der Waals surface area contributed by atoms with Crippen molar-refractivity contribution in [2.24, 2.45) is 0 Å². The van der Waals surface area contributed by atoms with E-state index in [1.807, 2.05) is 0 Å². The van der Waals surface area contributed by atoms with Crippen LogP contribution in [0.15, 0.2) is 31.6 Å². The summed E-state index contributed by atoms with van der Waals surface area (Å²) < 4.78 is 45.8. The molecule has 4 N–H and O–H groups in total. The van der Waals surface area contributed by atoms with Gasteiger partial charge in [0.1, 0.15) is 30.8 Å². The lowest BCUT2D eigenvalue weighted by molar-refractivity contribution is -0.0510. The molecule has 0 aliphatic carbocycles. The molecule has 0 spiro atoms. The third kappa shape index (κ3) is 10.2. The van der Waals surface area contributed by atoms with Gasteiger partial charge in [0.25, 0.3) is 11.1 Å². The number of ether oxygens (including phenoxy) is 3. The topological polar surface area (TPSA) is 217 Å². The first-order chi connectivity index (χ1) is 23.5. The predicted octanol–water partition coefficient (Wildman–Crippen LogP) is 0.589. The number of aromatic nitrogens is 4. The van der Waals surface area contributed by atoms with Crippen LogP contribution in [-0.2, 0) is 27.8 Å². The molecule has 3 saturated heterocycles. The van der Waals surface area contributed by atoms with Crippen molar-refractivity contribution in [2.45, 2.75) is 63.6 Å². The smallest absolute Gasteiger partial charge is 0.389 e. The van der Waals surface area contributed by atoms with Crippen LogP contribution in [0, 0.1) is 13.8 Å². The Bertz CT molecular complexity index is 1700. The molecule has 0 amide bonds. The molecule has 49 heavy (non-hydrogen) atoms. The zero-order valence-corrected chi connectivity index (χ0v) is 30.4. The zero-order valence-electron chi connectivity index (χ0n) is 27.1. The summed E-state index contributed by atoms with van der Waals surface area (Å²) in [7, 11) is 3.34. The number of H-pyrrole nitrogens is 2. The highest BCUT2D eigenvalue weighted by Gasteiger charge is 2.44. The Labute approximate surface area is 293 Å². The zero-order chi connectivity index (χ0) is 35.1. The Morgan fingerprint density at radius 2 is 1.49 bits per heavy atom. The van der Waals surface area contributed by atoms with Gasteiger partial charge in [-0.05, 0) is 25.2 Å². The molecule has 7 atom stereocenters. The molecule has 3 fully saturated rings. The van der Waals surface area contributed by atoms with Crippen LogP contribution < -0.4 is 22.5 Å². The summed E-state index contributed by atoms with van der Waals surface area (Å²) in [6.07, 6.45) is -3.03. The first-order valence-electron chi connectivity index (χ1n) is 15.8. The van der Waals surface area contributed by atoms with Crippen molar-refractivity contribution in [2.75, 3.05) is 63.3 Å². The Balaban J connectivity index is 1.23. The molecule has 3 aliphatic rings. The molecule has 0 bridgehead atoms. The molecule has 5 rings (SSSR count). The normalized spacial score (nSPS) is 27.4. The van der Waals surface area contributed by atoms with Gasteiger partial charge >= 0.3 is 18.2 Å². The Hall–Kier alpha value is -1.68. The van der Waals surface area contributed by atoms with Gasteiger partial charge in [-0.2, -0.15) is 0 Å². The lowest BCUT2D eigenvalue weighted by atomic mass is 10.2. The largest absolute Gasteiger partial charge is 0.394 e. The fourth-order valence-electron chi connectivity index (χ4n) is 5.50. The average molecular weight is 768 g/mol. The maximum atomic E-state index is 14.3. The SMILES string of the molecule is Cc1cn([C@H]2C[C@H](OP(=O)(OC[C@H]3O[C@@H](n4cc(C)c(=O)[nH]c4=O)C[C@@H]3O)SCCSSCCN3CCOCC3)[C@@H](CO)O2)c(=O)[nH]c1=O. The fourth-order valence-corrected chi connectivity index (χ4v) is 11.7. The van der Waals surface area contributed by atoms with Crippen LogP contribution in [0.3, 0.4) is 0 Å². The van der Waals surface area contributed by atoms with Gasteiger partial charge in [0.05, 0.1) is 32.5 Å². The van der Waals surface area contributed by atoms with E-state index in [4.69, 9.17) is 23.3 Å². The molecule has 2 aromatic rings. The molecular weight excluding hydrogens is 726 g/mol. The standard InChI is InChI=1S/C28H42N5O12PS3/c1-17-13-32(27(38)29-25(17)36)23-11-19(35)22(44-23)16-42-46(40,47-9-10-49-48-8-5-31-3-6-41-7-4-31)45-20-12-24(43-21(20)15-34)33-14-18(2)26(37)30-28(33)39/h13-14,19-24,34-35H,3-12,15-16H2,1-2H3,(H,29,36,38)(H,30,37,39)/t19-,20-,21+,22+,23+,24+,46?/m0/s1. The number of hydrogen-bond donors (Lipinski definition) is 4. The number of aliphatic hydroxyl groups is 2. The highest BCUT2D eigenvalue weighted by Crippen LogP contribution is 2.63. The number of aliphatic hydroxyl groups excluding tert-OH is 2. The Morgan fingerprint density at radius 1 is 0.898 bits per heavy atom. The lowest BCUT2D eigenvalue weighted by Crippen LogP contribution is -2.37. The van der Waals surface area contributed by atoms with Crippen molar-refractivity contribution in [1.29, 1.82) is 0 Å². The highest BCUT2D eigenvalue weighted by molar-refractivity contribution is 8.76. The lowest BCUT2D eigenvalue weighted by Gasteiger charge is -2.26. The first kappa shape index (κ1) is 38.5. The molecule has 0 saturated carbocycles. The van der Waals surface area contributed by atoms with E-state index in [9.17, 15) is 34.0 Å². The van der Waals surface area contributed by atoms with Crippen molar-refractivity contribution in [1.82, 2.24) is 24.0 Å². The number of nitrogens with one attached hydrogen (secondary N) is 2. The Kier molecular flexibility index (Phi) is 13.9. The van der Waals surface area contributed by atoms with Crippen LogP contribution in [0.25, 0.3) is 0 Å². The molecule has 3 aliphatic heterocycles. The summed E-state index contributed by atoms with van der Waals surface area (Å²) in [5, 5.41) is 20.8. The second-order valence-corrected chi connectivity index (χ2v) is 18.6. The minimum Gasteiger partial charge on any atom is -0.394 e. The highest BCUT2D eigenvalue weighted by atomic mass is 33.1. The van der Waals surface area contributed by atoms with Crippen molar-refractivity contribution in [3.8, 4) is 0 Å². The second kappa shape index (κ2) is 17.7. The number of rotatable bonds is 16. The summed E-state index contributed by atoms with van der Waals surface area (Å²) in [6.45, 7) is 2.47. The van der Waals surface area contributed by atoms with Crippen LogP contribution in [0.5, 0.6) is 0 Å². The minimum atomic E-state index is -4.01. The number of morpholine rings is 1. The van der Waals surface area contributed by atoms with Crippen molar-refractivity contribution in [3.63, 3.8) is 0 Å². The third-order valence-electron chi connectivity index (χ3n) is 8.23. The van der Waals surface area contributed by atoms with Gasteiger partial charge in [-0.3, -0.25) is 42.6 Å². The van der Waals surface area contributed by atoms with Crippen LogP contribution in [0.4, 0.5) is 0 Å². The number of aromatic amines is 2. The summed E-state index contributed by atoms with van der Waals surface area (Å²) in [5.41, 5.74) is -1.88. The molecular formula is C28H42N5O12PS3. The number of nitrogens with zero attached hydrogens (tertiary/aromatic N) is 3. The van der Waals surface area contributed by atoms with Crippen molar-refractivity contribution >= 4 is 39.8 Å². The van der Waals surface area contributed by atoms with Gasteiger partial charge in [-0.25, -0.2) is 14.2 Å². The van der Waals surface area contributed by atoms with Gasteiger partial charge in [0.15, 0.2) is 0 Å².